The summed E-state index contributed by atoms with van der Waals surface area (Å²) < 4.78 is 0.980. The Morgan fingerprint density at radius 2 is 1.80 bits per heavy atom. The lowest BCUT2D eigenvalue weighted by Gasteiger charge is -2.20. The van der Waals surface area contributed by atoms with Gasteiger partial charge in [0.1, 0.15) is 17.5 Å². The van der Waals surface area contributed by atoms with Crippen LogP contribution in [0.2, 0.25) is 0 Å². The van der Waals surface area contributed by atoms with Crippen molar-refractivity contribution in [3.8, 4) is 0 Å². The summed E-state index contributed by atoms with van der Waals surface area (Å²) in [7, 11) is 0. The standard InChI is InChI=1S/C15H19BrN4/c1-9-12(17)19-14(15(2,3)4)20-13(9)18-11-8-6-5-7-10(11)16/h5-8H,1-4H3,(H3,17,18,19,20). The van der Waals surface area contributed by atoms with E-state index in [1.807, 2.05) is 31.2 Å². The van der Waals surface area contributed by atoms with E-state index in [9.17, 15) is 0 Å². The SMILES string of the molecule is Cc1c(N)nc(C(C)(C)C)nc1Nc1ccccc1Br. The van der Waals surface area contributed by atoms with Gasteiger partial charge in [0.15, 0.2) is 0 Å². The zero-order valence-electron chi connectivity index (χ0n) is 12.2. The number of nitrogens with one attached hydrogen (secondary N) is 1. The maximum Gasteiger partial charge on any atom is 0.139 e. The highest BCUT2D eigenvalue weighted by Crippen LogP contribution is 2.29. The van der Waals surface area contributed by atoms with Crippen LogP contribution in [-0.2, 0) is 5.41 Å². The summed E-state index contributed by atoms with van der Waals surface area (Å²) in [4.78, 5) is 9.00. The van der Waals surface area contributed by atoms with Crippen molar-refractivity contribution < 1.29 is 0 Å². The first-order chi connectivity index (χ1) is 9.29. The van der Waals surface area contributed by atoms with Gasteiger partial charge in [-0.3, -0.25) is 0 Å². The number of rotatable bonds is 2. The Bertz CT molecular complexity index is 632. The van der Waals surface area contributed by atoms with Gasteiger partial charge in [0, 0.05) is 15.5 Å². The zero-order valence-corrected chi connectivity index (χ0v) is 13.7. The van der Waals surface area contributed by atoms with E-state index in [-0.39, 0.29) is 5.41 Å². The number of benzene rings is 1. The van der Waals surface area contributed by atoms with Gasteiger partial charge in [-0.2, -0.15) is 0 Å². The highest BCUT2D eigenvalue weighted by Gasteiger charge is 2.20. The number of nitrogens with zero attached hydrogens (tertiary/aromatic N) is 2. The Balaban J connectivity index is 2.46. The second kappa shape index (κ2) is 5.40. The minimum absolute atomic E-state index is 0.147. The monoisotopic (exact) mass is 334 g/mol. The van der Waals surface area contributed by atoms with Crippen LogP contribution in [0.5, 0.6) is 0 Å². The average Bonchev–Trinajstić information content (AvgIpc) is 2.36. The van der Waals surface area contributed by atoms with Gasteiger partial charge in [0.05, 0.1) is 5.69 Å². The Kier molecular flexibility index (Phi) is 3.99. The number of nitrogen functional groups attached to an aromatic ring is 1. The van der Waals surface area contributed by atoms with Gasteiger partial charge >= 0.3 is 0 Å². The van der Waals surface area contributed by atoms with Gasteiger partial charge in [-0.15, -0.1) is 0 Å². The molecule has 0 amide bonds. The van der Waals surface area contributed by atoms with Gasteiger partial charge in [-0.1, -0.05) is 32.9 Å². The lowest BCUT2D eigenvalue weighted by atomic mass is 9.95. The second-order valence-corrected chi connectivity index (χ2v) is 6.62. The summed E-state index contributed by atoms with van der Waals surface area (Å²) in [6, 6.07) is 7.90. The van der Waals surface area contributed by atoms with Crippen molar-refractivity contribution in [2.75, 3.05) is 11.1 Å². The Labute approximate surface area is 128 Å². The predicted molar refractivity (Wildman–Crippen MR) is 87.3 cm³/mol. The largest absolute Gasteiger partial charge is 0.383 e. The molecule has 1 heterocycles. The third-order valence-electron chi connectivity index (χ3n) is 2.98. The number of anilines is 3. The third kappa shape index (κ3) is 3.10. The molecule has 0 radical (unpaired) electrons. The third-order valence-corrected chi connectivity index (χ3v) is 3.67. The second-order valence-electron chi connectivity index (χ2n) is 5.76. The molecule has 106 valence electrons. The van der Waals surface area contributed by atoms with E-state index in [1.165, 1.54) is 0 Å². The van der Waals surface area contributed by atoms with Crippen molar-refractivity contribution >= 4 is 33.3 Å². The van der Waals surface area contributed by atoms with Crippen molar-refractivity contribution in [2.24, 2.45) is 0 Å². The molecule has 20 heavy (non-hydrogen) atoms. The van der Waals surface area contributed by atoms with Gasteiger partial charge in [-0.25, -0.2) is 9.97 Å². The zero-order chi connectivity index (χ0) is 14.9. The topological polar surface area (TPSA) is 63.8 Å². The molecule has 0 aliphatic rings. The smallest absolute Gasteiger partial charge is 0.139 e. The van der Waals surface area contributed by atoms with E-state index >= 15 is 0 Å². The molecule has 0 spiro atoms. The average molecular weight is 335 g/mol. The van der Waals surface area contributed by atoms with Crippen molar-refractivity contribution in [2.45, 2.75) is 33.1 Å². The predicted octanol–water partition coefficient (Wildman–Crippen LogP) is 4.17. The summed E-state index contributed by atoms with van der Waals surface area (Å²) in [5, 5.41) is 3.32. The van der Waals surface area contributed by atoms with E-state index in [2.05, 4.69) is 52.0 Å². The quantitative estimate of drug-likeness (QED) is 0.864. The minimum Gasteiger partial charge on any atom is -0.383 e. The number of halogens is 1. The molecule has 0 saturated heterocycles. The fourth-order valence-corrected chi connectivity index (χ4v) is 2.07. The molecule has 0 unspecified atom stereocenters. The fraction of sp³-hybridized carbons (Fsp3) is 0.333. The van der Waals surface area contributed by atoms with Crippen LogP contribution < -0.4 is 11.1 Å². The first-order valence-corrected chi connectivity index (χ1v) is 7.24. The molecule has 3 N–H and O–H groups in total. The maximum atomic E-state index is 6.01. The van der Waals surface area contributed by atoms with Crippen LogP contribution in [0.3, 0.4) is 0 Å². The first kappa shape index (κ1) is 14.8. The summed E-state index contributed by atoms with van der Waals surface area (Å²) in [5.41, 5.74) is 7.67. The molecule has 0 aliphatic heterocycles. The lowest BCUT2D eigenvalue weighted by Crippen LogP contribution is -2.18. The van der Waals surface area contributed by atoms with Crippen LogP contribution in [0, 0.1) is 6.92 Å². The van der Waals surface area contributed by atoms with Gasteiger partial charge < -0.3 is 11.1 Å². The molecule has 0 atom stereocenters. The van der Waals surface area contributed by atoms with E-state index in [1.54, 1.807) is 0 Å². The minimum atomic E-state index is -0.147. The molecule has 1 aromatic heterocycles. The van der Waals surface area contributed by atoms with Gasteiger partial charge in [0.2, 0.25) is 0 Å². The molecule has 0 bridgehead atoms. The first-order valence-electron chi connectivity index (χ1n) is 6.45. The normalized spacial score (nSPS) is 11.4. The van der Waals surface area contributed by atoms with Crippen molar-refractivity contribution in [1.82, 2.24) is 9.97 Å². The van der Waals surface area contributed by atoms with E-state index < -0.39 is 0 Å². The van der Waals surface area contributed by atoms with Crippen LogP contribution in [0.1, 0.15) is 32.2 Å². The highest BCUT2D eigenvalue weighted by molar-refractivity contribution is 9.10. The molecule has 0 aliphatic carbocycles. The molecule has 0 saturated carbocycles. The van der Waals surface area contributed by atoms with E-state index in [0.29, 0.717) is 5.82 Å². The lowest BCUT2D eigenvalue weighted by molar-refractivity contribution is 0.546. The van der Waals surface area contributed by atoms with Crippen LogP contribution in [-0.4, -0.2) is 9.97 Å². The Morgan fingerprint density at radius 1 is 1.15 bits per heavy atom. The summed E-state index contributed by atoms with van der Waals surface area (Å²) in [5.74, 6) is 1.99. The Hall–Kier alpha value is -1.62. The molecule has 5 heteroatoms. The molecular formula is C15H19BrN4. The molecular weight excluding hydrogens is 316 g/mol. The van der Waals surface area contributed by atoms with Crippen LogP contribution in [0.15, 0.2) is 28.7 Å². The molecule has 2 aromatic rings. The summed E-state index contributed by atoms with van der Waals surface area (Å²) >= 11 is 3.52. The van der Waals surface area contributed by atoms with E-state index in [0.717, 1.165) is 27.4 Å². The van der Waals surface area contributed by atoms with Crippen LogP contribution in [0.4, 0.5) is 17.3 Å². The van der Waals surface area contributed by atoms with Crippen molar-refractivity contribution in [3.05, 3.63) is 40.1 Å². The molecule has 1 aromatic carbocycles. The Morgan fingerprint density at radius 3 is 2.40 bits per heavy atom. The van der Waals surface area contributed by atoms with Gasteiger partial charge in [0.25, 0.3) is 0 Å². The number of hydrogen-bond donors (Lipinski definition) is 2. The molecule has 2 rings (SSSR count). The summed E-state index contributed by atoms with van der Waals surface area (Å²) in [6.07, 6.45) is 0. The van der Waals surface area contributed by atoms with Crippen molar-refractivity contribution in [1.29, 1.82) is 0 Å². The van der Waals surface area contributed by atoms with Crippen molar-refractivity contribution in [3.63, 3.8) is 0 Å². The number of aromatic nitrogens is 2. The molecule has 0 fully saturated rings. The van der Waals surface area contributed by atoms with Crippen LogP contribution >= 0.6 is 15.9 Å². The number of para-hydroxylation sites is 1. The molecule has 4 nitrogen and oxygen atoms in total. The maximum absolute atomic E-state index is 6.01. The highest BCUT2D eigenvalue weighted by atomic mass is 79.9. The number of nitrogens with two attached hydrogens (primary N) is 1. The van der Waals surface area contributed by atoms with Gasteiger partial charge in [-0.05, 0) is 35.0 Å². The fourth-order valence-electron chi connectivity index (χ4n) is 1.68. The number of hydrogen-bond acceptors (Lipinski definition) is 4. The van der Waals surface area contributed by atoms with E-state index in [4.69, 9.17) is 5.73 Å². The summed E-state index contributed by atoms with van der Waals surface area (Å²) in [6.45, 7) is 8.12. The van der Waals surface area contributed by atoms with Crippen LogP contribution in [0.25, 0.3) is 0 Å².